The van der Waals surface area contributed by atoms with Crippen LogP contribution in [0.1, 0.15) is 29.9 Å². The SMILES string of the molecule is Cc1nn(C)c2ncc(C(=O)O)c(NCC(O)C(C)C)c12. The van der Waals surface area contributed by atoms with Gasteiger partial charge in [-0.1, -0.05) is 13.8 Å². The number of nitrogens with zero attached hydrogens (tertiary/aromatic N) is 3. The Hall–Kier alpha value is -2.15. The molecule has 0 aliphatic heterocycles. The molecule has 1 atom stereocenters. The highest BCUT2D eigenvalue weighted by atomic mass is 16.4. The lowest BCUT2D eigenvalue weighted by Crippen LogP contribution is -2.25. The van der Waals surface area contributed by atoms with E-state index >= 15 is 0 Å². The summed E-state index contributed by atoms with van der Waals surface area (Å²) < 4.78 is 1.61. The van der Waals surface area contributed by atoms with Gasteiger partial charge in [0.25, 0.3) is 0 Å². The third-order valence-electron chi connectivity index (χ3n) is 3.52. The lowest BCUT2D eigenvalue weighted by Gasteiger charge is -2.17. The number of rotatable bonds is 5. The Morgan fingerprint density at radius 1 is 1.48 bits per heavy atom. The van der Waals surface area contributed by atoms with Crippen LogP contribution >= 0.6 is 0 Å². The lowest BCUT2D eigenvalue weighted by atomic mass is 10.1. The van der Waals surface area contributed by atoms with Crippen LogP contribution in [0.3, 0.4) is 0 Å². The fraction of sp³-hybridized carbons (Fsp3) is 0.500. The van der Waals surface area contributed by atoms with E-state index in [1.54, 1.807) is 18.7 Å². The summed E-state index contributed by atoms with van der Waals surface area (Å²) in [4.78, 5) is 15.6. The fourth-order valence-corrected chi connectivity index (χ4v) is 2.20. The van der Waals surface area contributed by atoms with Crippen LogP contribution in [0.5, 0.6) is 0 Å². The van der Waals surface area contributed by atoms with Gasteiger partial charge in [0.05, 0.1) is 22.9 Å². The smallest absolute Gasteiger partial charge is 0.339 e. The first kappa shape index (κ1) is 15.2. The van der Waals surface area contributed by atoms with E-state index in [4.69, 9.17) is 0 Å². The molecule has 0 aromatic carbocycles. The van der Waals surface area contributed by atoms with Gasteiger partial charge in [0.2, 0.25) is 0 Å². The Bertz CT molecular complexity index is 678. The van der Waals surface area contributed by atoms with E-state index in [0.717, 1.165) is 0 Å². The molecule has 0 radical (unpaired) electrons. The third-order valence-corrected chi connectivity index (χ3v) is 3.52. The average Bonchev–Trinajstić information content (AvgIpc) is 2.70. The number of aromatic carboxylic acids is 1. The molecule has 1 unspecified atom stereocenters. The van der Waals surface area contributed by atoms with Crippen molar-refractivity contribution in [2.75, 3.05) is 11.9 Å². The number of hydrogen-bond acceptors (Lipinski definition) is 5. The van der Waals surface area contributed by atoms with Crippen molar-refractivity contribution in [1.82, 2.24) is 14.8 Å². The van der Waals surface area contributed by atoms with E-state index in [2.05, 4.69) is 15.4 Å². The van der Waals surface area contributed by atoms with Gasteiger partial charge in [0.1, 0.15) is 5.56 Å². The predicted octanol–water partition coefficient (Wildman–Crippen LogP) is 1.40. The fourth-order valence-electron chi connectivity index (χ4n) is 2.20. The summed E-state index contributed by atoms with van der Waals surface area (Å²) in [7, 11) is 1.76. The quantitative estimate of drug-likeness (QED) is 0.770. The van der Waals surface area contributed by atoms with Crippen molar-refractivity contribution in [3.63, 3.8) is 0 Å². The largest absolute Gasteiger partial charge is 0.478 e. The zero-order valence-electron chi connectivity index (χ0n) is 12.6. The van der Waals surface area contributed by atoms with Crippen LogP contribution in [-0.4, -0.2) is 43.6 Å². The van der Waals surface area contributed by atoms with E-state index in [9.17, 15) is 15.0 Å². The van der Waals surface area contributed by atoms with Crippen LogP contribution in [0.15, 0.2) is 6.20 Å². The van der Waals surface area contributed by atoms with Crippen molar-refractivity contribution in [3.05, 3.63) is 17.5 Å². The van der Waals surface area contributed by atoms with Crippen molar-refractivity contribution in [1.29, 1.82) is 0 Å². The molecule has 2 rings (SSSR count). The lowest BCUT2D eigenvalue weighted by molar-refractivity contribution is 0.0697. The summed E-state index contributed by atoms with van der Waals surface area (Å²) in [6, 6.07) is 0. The van der Waals surface area contributed by atoms with Gasteiger partial charge >= 0.3 is 5.97 Å². The number of carboxylic acids is 1. The van der Waals surface area contributed by atoms with Crippen LogP contribution in [0.4, 0.5) is 5.69 Å². The van der Waals surface area contributed by atoms with Gasteiger partial charge in [-0.15, -0.1) is 0 Å². The van der Waals surface area contributed by atoms with E-state index in [-0.39, 0.29) is 18.0 Å². The van der Waals surface area contributed by atoms with Crippen LogP contribution in [-0.2, 0) is 7.05 Å². The maximum Gasteiger partial charge on any atom is 0.339 e. The number of aryl methyl sites for hydroxylation is 2. The number of pyridine rings is 1. The number of aliphatic hydroxyl groups excluding tert-OH is 1. The maximum atomic E-state index is 11.4. The number of anilines is 1. The normalized spacial score (nSPS) is 12.9. The van der Waals surface area contributed by atoms with E-state index in [1.165, 1.54) is 6.20 Å². The van der Waals surface area contributed by atoms with Gasteiger partial charge in [-0.3, -0.25) is 4.68 Å². The van der Waals surface area contributed by atoms with Gasteiger partial charge < -0.3 is 15.5 Å². The first-order chi connectivity index (χ1) is 9.82. The zero-order chi connectivity index (χ0) is 15.7. The minimum Gasteiger partial charge on any atom is -0.478 e. The molecule has 0 saturated heterocycles. The molecule has 0 aliphatic rings. The van der Waals surface area contributed by atoms with E-state index < -0.39 is 12.1 Å². The van der Waals surface area contributed by atoms with Gasteiger partial charge in [-0.2, -0.15) is 5.10 Å². The number of aromatic nitrogens is 3. The van der Waals surface area contributed by atoms with Crippen LogP contribution in [0.2, 0.25) is 0 Å². The van der Waals surface area contributed by atoms with Crippen molar-refractivity contribution < 1.29 is 15.0 Å². The molecule has 2 aromatic heterocycles. The molecule has 114 valence electrons. The maximum absolute atomic E-state index is 11.4. The predicted molar refractivity (Wildman–Crippen MR) is 79.5 cm³/mol. The molecular formula is C14H20N4O3. The van der Waals surface area contributed by atoms with Crippen molar-refractivity contribution in [3.8, 4) is 0 Å². The van der Waals surface area contributed by atoms with Gasteiger partial charge in [-0.25, -0.2) is 9.78 Å². The summed E-state index contributed by atoms with van der Waals surface area (Å²) in [5, 5.41) is 27.2. The molecule has 21 heavy (non-hydrogen) atoms. The Morgan fingerprint density at radius 3 is 2.71 bits per heavy atom. The summed E-state index contributed by atoms with van der Waals surface area (Å²) in [6.45, 7) is 5.88. The number of aliphatic hydroxyl groups is 1. The molecule has 0 amide bonds. The topological polar surface area (TPSA) is 100 Å². The molecule has 3 N–H and O–H groups in total. The summed E-state index contributed by atoms with van der Waals surface area (Å²) in [6.07, 6.45) is 0.752. The van der Waals surface area contributed by atoms with Crippen molar-refractivity contribution in [2.24, 2.45) is 13.0 Å². The number of hydrogen-bond donors (Lipinski definition) is 3. The molecule has 0 spiro atoms. The summed E-state index contributed by atoms with van der Waals surface area (Å²) in [5.41, 5.74) is 1.84. The molecule has 2 heterocycles. The van der Waals surface area contributed by atoms with Gasteiger partial charge in [-0.05, 0) is 12.8 Å². The van der Waals surface area contributed by atoms with Crippen molar-refractivity contribution >= 4 is 22.7 Å². The zero-order valence-corrected chi connectivity index (χ0v) is 12.6. The van der Waals surface area contributed by atoms with Crippen LogP contribution in [0, 0.1) is 12.8 Å². The second kappa shape index (κ2) is 5.69. The Kier molecular flexibility index (Phi) is 4.13. The van der Waals surface area contributed by atoms with E-state index in [0.29, 0.717) is 22.4 Å². The molecule has 0 saturated carbocycles. The Balaban J connectivity index is 2.51. The molecule has 2 aromatic rings. The number of carbonyl (C=O) groups is 1. The highest BCUT2D eigenvalue weighted by Gasteiger charge is 2.20. The van der Waals surface area contributed by atoms with Crippen LogP contribution < -0.4 is 5.32 Å². The third kappa shape index (κ3) is 2.82. The van der Waals surface area contributed by atoms with Crippen molar-refractivity contribution in [2.45, 2.75) is 26.9 Å². The van der Waals surface area contributed by atoms with Gasteiger partial charge in [0.15, 0.2) is 5.65 Å². The molecule has 7 nitrogen and oxygen atoms in total. The minimum atomic E-state index is -1.06. The first-order valence-electron chi connectivity index (χ1n) is 6.80. The molecular weight excluding hydrogens is 272 g/mol. The number of nitrogens with one attached hydrogen (secondary N) is 1. The highest BCUT2D eigenvalue weighted by molar-refractivity contribution is 6.04. The molecule has 7 heteroatoms. The second-order valence-electron chi connectivity index (χ2n) is 5.45. The standard InChI is InChI=1S/C14H20N4O3/c1-7(2)10(19)6-15-12-9(14(20)21)5-16-13-11(12)8(3)17-18(13)4/h5,7,10,19H,6H2,1-4H3,(H,15,16)(H,20,21). The highest BCUT2D eigenvalue weighted by Crippen LogP contribution is 2.28. The van der Waals surface area contributed by atoms with Gasteiger partial charge in [0, 0.05) is 19.8 Å². The van der Waals surface area contributed by atoms with E-state index in [1.807, 2.05) is 13.8 Å². The minimum absolute atomic E-state index is 0.0783. The molecule has 0 aliphatic carbocycles. The Morgan fingerprint density at radius 2 is 2.14 bits per heavy atom. The second-order valence-corrected chi connectivity index (χ2v) is 5.45. The Labute approximate surface area is 122 Å². The monoisotopic (exact) mass is 292 g/mol. The first-order valence-corrected chi connectivity index (χ1v) is 6.80. The van der Waals surface area contributed by atoms with Crippen LogP contribution in [0.25, 0.3) is 11.0 Å². The molecule has 0 fully saturated rings. The number of carboxylic acid groups (broad SMARTS) is 1. The number of fused-ring (bicyclic) bond motifs is 1. The summed E-state index contributed by atoms with van der Waals surface area (Å²) in [5.74, 6) is -0.979. The summed E-state index contributed by atoms with van der Waals surface area (Å²) >= 11 is 0. The molecule has 0 bridgehead atoms. The average molecular weight is 292 g/mol.